The van der Waals surface area contributed by atoms with E-state index in [0.29, 0.717) is 18.8 Å². The van der Waals surface area contributed by atoms with E-state index >= 15 is 0 Å². The number of anilines is 1. The number of nitro groups is 2. The van der Waals surface area contributed by atoms with Gasteiger partial charge in [0.15, 0.2) is 0 Å². The molecule has 7 nitrogen and oxygen atoms in total. The number of nitrogens with zero attached hydrogens (tertiary/aromatic N) is 3. The maximum atomic E-state index is 10.8. The Labute approximate surface area is 98.0 Å². The Morgan fingerprint density at radius 1 is 1.06 bits per heavy atom. The van der Waals surface area contributed by atoms with E-state index in [2.05, 4.69) is 0 Å². The summed E-state index contributed by atoms with van der Waals surface area (Å²) in [5.41, 5.74) is -0.336. The fraction of sp³-hybridized carbons (Fsp3) is 0.400. The lowest BCUT2D eigenvalue weighted by atomic mass is 10.2. The molecule has 0 aliphatic heterocycles. The molecule has 92 valence electrons. The maximum Gasteiger partial charge on any atom is 0.348 e. The molecule has 0 aliphatic rings. The van der Waals surface area contributed by atoms with Gasteiger partial charge < -0.3 is 4.90 Å². The van der Waals surface area contributed by atoms with Gasteiger partial charge in [0.1, 0.15) is 0 Å². The molecule has 0 aliphatic carbocycles. The molecule has 0 amide bonds. The van der Waals surface area contributed by atoms with E-state index in [1.807, 2.05) is 18.7 Å². The van der Waals surface area contributed by atoms with Crippen molar-refractivity contribution in [2.75, 3.05) is 18.0 Å². The smallest absolute Gasteiger partial charge is 0.348 e. The Morgan fingerprint density at radius 2 is 1.59 bits per heavy atom. The molecular formula is C10H13N3O4. The first-order valence-corrected chi connectivity index (χ1v) is 5.19. The van der Waals surface area contributed by atoms with Crippen molar-refractivity contribution in [1.82, 2.24) is 0 Å². The summed E-state index contributed by atoms with van der Waals surface area (Å²) in [4.78, 5) is 21.8. The zero-order valence-corrected chi connectivity index (χ0v) is 9.62. The van der Waals surface area contributed by atoms with Crippen LogP contribution in [0.15, 0.2) is 18.2 Å². The van der Waals surface area contributed by atoms with E-state index in [9.17, 15) is 20.2 Å². The van der Waals surface area contributed by atoms with Gasteiger partial charge in [-0.1, -0.05) is 0 Å². The van der Waals surface area contributed by atoms with Gasteiger partial charge in [-0.05, 0) is 19.9 Å². The lowest BCUT2D eigenvalue weighted by Gasteiger charge is -2.20. The number of benzene rings is 1. The van der Waals surface area contributed by atoms with Crippen molar-refractivity contribution >= 4 is 17.1 Å². The van der Waals surface area contributed by atoms with Crippen LogP contribution in [-0.4, -0.2) is 22.9 Å². The summed E-state index contributed by atoms with van der Waals surface area (Å²) in [5, 5.41) is 21.4. The third kappa shape index (κ3) is 2.68. The lowest BCUT2D eigenvalue weighted by molar-refractivity contribution is -0.422. The molecule has 1 aromatic rings. The van der Waals surface area contributed by atoms with Crippen molar-refractivity contribution in [2.24, 2.45) is 0 Å². The Bertz CT molecular complexity index is 443. The second-order valence-corrected chi connectivity index (χ2v) is 3.36. The summed E-state index contributed by atoms with van der Waals surface area (Å²) >= 11 is 0. The van der Waals surface area contributed by atoms with E-state index in [1.54, 1.807) is 0 Å². The second kappa shape index (κ2) is 5.24. The Kier molecular flexibility index (Phi) is 3.97. The van der Waals surface area contributed by atoms with Crippen LogP contribution in [0.2, 0.25) is 0 Å². The summed E-state index contributed by atoms with van der Waals surface area (Å²) in [5.74, 6) is 0. The zero-order chi connectivity index (χ0) is 13.0. The van der Waals surface area contributed by atoms with Crippen molar-refractivity contribution in [3.05, 3.63) is 38.4 Å². The highest BCUT2D eigenvalue weighted by Gasteiger charge is 2.24. The first kappa shape index (κ1) is 12.9. The molecule has 0 bridgehead atoms. The van der Waals surface area contributed by atoms with Crippen LogP contribution in [0, 0.1) is 20.2 Å². The van der Waals surface area contributed by atoms with E-state index < -0.39 is 21.2 Å². The van der Waals surface area contributed by atoms with Crippen LogP contribution >= 0.6 is 0 Å². The van der Waals surface area contributed by atoms with E-state index in [0.717, 1.165) is 0 Å². The molecule has 0 saturated carbocycles. The maximum absolute atomic E-state index is 10.8. The quantitative estimate of drug-likeness (QED) is 0.581. The van der Waals surface area contributed by atoms with E-state index in [4.69, 9.17) is 0 Å². The number of hydrogen-bond donors (Lipinski definition) is 0. The summed E-state index contributed by atoms with van der Waals surface area (Å²) in [6.45, 7) is 5.20. The molecule has 0 radical (unpaired) electrons. The second-order valence-electron chi connectivity index (χ2n) is 3.36. The van der Waals surface area contributed by atoms with Crippen LogP contribution in [0.4, 0.5) is 17.1 Å². The van der Waals surface area contributed by atoms with Crippen LogP contribution in [0.25, 0.3) is 0 Å². The van der Waals surface area contributed by atoms with Crippen LogP contribution < -0.4 is 4.90 Å². The molecule has 0 unspecified atom stereocenters. The summed E-state index contributed by atoms with van der Waals surface area (Å²) in [6.07, 6.45) is 0. The van der Waals surface area contributed by atoms with Gasteiger partial charge in [0.05, 0.1) is 9.85 Å². The number of nitro benzene ring substituents is 2. The minimum atomic E-state index is -0.746. The first-order chi connectivity index (χ1) is 8.01. The number of hydrogen-bond acceptors (Lipinski definition) is 5. The third-order valence-corrected chi connectivity index (χ3v) is 2.48. The Hall–Kier alpha value is -2.18. The average molecular weight is 239 g/mol. The average Bonchev–Trinajstić information content (AvgIpc) is 2.30. The highest BCUT2D eigenvalue weighted by atomic mass is 16.6. The van der Waals surface area contributed by atoms with Crippen molar-refractivity contribution in [3.63, 3.8) is 0 Å². The molecule has 17 heavy (non-hydrogen) atoms. The van der Waals surface area contributed by atoms with Gasteiger partial charge in [-0.3, -0.25) is 20.2 Å². The van der Waals surface area contributed by atoms with E-state index in [1.165, 1.54) is 18.2 Å². The molecule has 0 fully saturated rings. The van der Waals surface area contributed by atoms with Crippen LogP contribution in [0.1, 0.15) is 13.8 Å². The Morgan fingerprint density at radius 3 is 2.00 bits per heavy atom. The topological polar surface area (TPSA) is 89.5 Å². The largest absolute Gasteiger partial charge is 0.372 e. The monoisotopic (exact) mass is 239 g/mol. The van der Waals surface area contributed by atoms with Crippen LogP contribution in [-0.2, 0) is 0 Å². The van der Waals surface area contributed by atoms with Crippen molar-refractivity contribution in [2.45, 2.75) is 13.8 Å². The fourth-order valence-corrected chi connectivity index (χ4v) is 1.60. The molecular weight excluding hydrogens is 226 g/mol. The summed E-state index contributed by atoms with van der Waals surface area (Å²) in [7, 11) is 0. The van der Waals surface area contributed by atoms with Gasteiger partial charge in [-0.2, -0.15) is 0 Å². The highest BCUT2D eigenvalue weighted by molar-refractivity contribution is 5.62. The van der Waals surface area contributed by atoms with Gasteiger partial charge in [-0.25, -0.2) is 0 Å². The van der Waals surface area contributed by atoms with Crippen LogP contribution in [0.5, 0.6) is 0 Å². The molecule has 0 aromatic heterocycles. The standard InChI is InChI=1S/C10H13N3O4/c1-3-11(4-2)8-5-6-9(12(14)15)10(7-8)13(16)17/h5-7H,3-4H2,1-2H3. The third-order valence-electron chi connectivity index (χ3n) is 2.48. The molecule has 0 atom stereocenters. The normalized spacial score (nSPS) is 10.0. The fourth-order valence-electron chi connectivity index (χ4n) is 1.60. The predicted molar refractivity (Wildman–Crippen MR) is 63.3 cm³/mol. The van der Waals surface area contributed by atoms with Crippen molar-refractivity contribution in [1.29, 1.82) is 0 Å². The SMILES string of the molecule is CCN(CC)c1ccc([N+](=O)[O-])c([N+](=O)[O-])c1. The van der Waals surface area contributed by atoms with Gasteiger partial charge in [0.25, 0.3) is 0 Å². The predicted octanol–water partition coefficient (Wildman–Crippen LogP) is 2.35. The first-order valence-electron chi connectivity index (χ1n) is 5.19. The molecule has 0 saturated heterocycles. The molecule has 7 heteroatoms. The van der Waals surface area contributed by atoms with Gasteiger partial charge in [0.2, 0.25) is 0 Å². The molecule has 0 spiro atoms. The minimum absolute atomic E-state index is 0.473. The van der Waals surface area contributed by atoms with Gasteiger partial charge in [0, 0.05) is 30.9 Å². The summed E-state index contributed by atoms with van der Waals surface area (Å²) in [6, 6.07) is 3.94. The molecule has 1 rings (SSSR count). The Balaban J connectivity index is 3.27. The van der Waals surface area contributed by atoms with Crippen LogP contribution in [0.3, 0.4) is 0 Å². The van der Waals surface area contributed by atoms with Gasteiger partial charge in [-0.15, -0.1) is 0 Å². The summed E-state index contributed by atoms with van der Waals surface area (Å²) < 4.78 is 0. The van der Waals surface area contributed by atoms with Gasteiger partial charge >= 0.3 is 11.4 Å². The van der Waals surface area contributed by atoms with Crippen molar-refractivity contribution < 1.29 is 9.85 Å². The minimum Gasteiger partial charge on any atom is -0.372 e. The van der Waals surface area contributed by atoms with Crippen molar-refractivity contribution in [3.8, 4) is 0 Å². The number of rotatable bonds is 5. The molecule has 0 N–H and O–H groups in total. The molecule has 0 heterocycles. The lowest BCUT2D eigenvalue weighted by Crippen LogP contribution is -2.21. The van der Waals surface area contributed by atoms with E-state index in [-0.39, 0.29) is 0 Å². The molecule has 1 aromatic carbocycles. The zero-order valence-electron chi connectivity index (χ0n) is 9.62. The highest BCUT2D eigenvalue weighted by Crippen LogP contribution is 2.31.